The van der Waals surface area contributed by atoms with Gasteiger partial charge in [0.05, 0.1) is 0 Å². The zero-order valence-electron chi connectivity index (χ0n) is 13.9. The van der Waals surface area contributed by atoms with Crippen LogP contribution in [0.1, 0.15) is 44.4 Å². The third-order valence-corrected chi connectivity index (χ3v) is 4.13. The number of nitrogens with one attached hydrogen (secondary N) is 1. The number of aromatic nitrogens is 2. The van der Waals surface area contributed by atoms with Crippen LogP contribution in [0.5, 0.6) is 5.75 Å². The first-order valence-corrected chi connectivity index (χ1v) is 8.06. The van der Waals surface area contributed by atoms with Gasteiger partial charge in [0.15, 0.2) is 0 Å². The van der Waals surface area contributed by atoms with Crippen molar-refractivity contribution in [2.75, 3.05) is 0 Å². The van der Waals surface area contributed by atoms with Gasteiger partial charge in [-0.2, -0.15) is 5.10 Å². The molecule has 1 N–H and O–H groups in total. The molecule has 1 aliphatic rings. The molecule has 0 saturated heterocycles. The molecule has 1 atom stereocenters. The molecule has 1 aliphatic heterocycles. The van der Waals surface area contributed by atoms with Gasteiger partial charge in [-0.15, -0.1) is 0 Å². The lowest BCUT2D eigenvalue weighted by molar-refractivity contribution is -0.124. The van der Waals surface area contributed by atoms with Crippen LogP contribution in [0.15, 0.2) is 36.7 Å². The molecule has 5 nitrogen and oxygen atoms in total. The Kier molecular flexibility index (Phi) is 4.11. The predicted octanol–water partition coefficient (Wildman–Crippen LogP) is 2.86. The van der Waals surface area contributed by atoms with E-state index in [1.54, 1.807) is 10.9 Å². The maximum Gasteiger partial charge on any atom is 0.245 e. The Morgan fingerprint density at radius 1 is 1.48 bits per heavy atom. The molecule has 1 aromatic heterocycles. The minimum atomic E-state index is -0.262. The Morgan fingerprint density at radius 2 is 2.30 bits per heavy atom. The molecule has 0 radical (unpaired) electrons. The molecule has 0 saturated carbocycles. The zero-order chi connectivity index (χ0) is 16.4. The Bertz CT molecular complexity index is 692. The highest BCUT2D eigenvalue weighted by atomic mass is 16.5. The number of carbonyl (C=O) groups is 1. The highest BCUT2D eigenvalue weighted by molar-refractivity contribution is 5.80. The maximum absolute atomic E-state index is 12.4. The average molecular weight is 313 g/mol. The lowest BCUT2D eigenvalue weighted by atomic mass is 10.0. The van der Waals surface area contributed by atoms with Crippen molar-refractivity contribution in [1.82, 2.24) is 15.1 Å². The summed E-state index contributed by atoms with van der Waals surface area (Å²) in [6.07, 6.45) is 5.12. The van der Waals surface area contributed by atoms with Gasteiger partial charge in [-0.1, -0.05) is 19.1 Å². The van der Waals surface area contributed by atoms with Gasteiger partial charge in [0, 0.05) is 25.4 Å². The van der Waals surface area contributed by atoms with Crippen molar-refractivity contribution in [3.05, 3.63) is 47.8 Å². The fraction of sp³-hybridized carbons (Fsp3) is 0.444. The molecule has 1 aromatic carbocycles. The summed E-state index contributed by atoms with van der Waals surface area (Å²) in [7, 11) is 0. The topological polar surface area (TPSA) is 56.1 Å². The molecular weight excluding hydrogens is 290 g/mol. The number of fused-ring (bicyclic) bond motifs is 1. The van der Waals surface area contributed by atoms with Crippen molar-refractivity contribution < 1.29 is 9.53 Å². The number of ether oxygens (including phenoxy) is 1. The average Bonchev–Trinajstić information content (AvgIpc) is 3.11. The third-order valence-electron chi connectivity index (χ3n) is 4.13. The molecule has 0 spiro atoms. The Hall–Kier alpha value is -2.30. The van der Waals surface area contributed by atoms with Crippen LogP contribution >= 0.6 is 0 Å². The first kappa shape index (κ1) is 15.6. The summed E-state index contributed by atoms with van der Waals surface area (Å²) in [5.41, 5.74) is 2.16. The van der Waals surface area contributed by atoms with Gasteiger partial charge in [-0.25, -0.2) is 0 Å². The summed E-state index contributed by atoms with van der Waals surface area (Å²) in [5, 5.41) is 7.18. The monoisotopic (exact) mass is 313 g/mol. The van der Waals surface area contributed by atoms with Crippen LogP contribution in [0.2, 0.25) is 0 Å². The van der Waals surface area contributed by atoms with E-state index in [1.165, 1.54) is 5.56 Å². The van der Waals surface area contributed by atoms with E-state index in [0.29, 0.717) is 13.0 Å². The second kappa shape index (κ2) is 6.07. The van der Waals surface area contributed by atoms with Crippen LogP contribution in [0.3, 0.4) is 0 Å². The van der Waals surface area contributed by atoms with E-state index in [-0.39, 0.29) is 17.6 Å². The first-order valence-electron chi connectivity index (χ1n) is 8.06. The highest BCUT2D eigenvalue weighted by Gasteiger charge is 2.29. The van der Waals surface area contributed by atoms with Gasteiger partial charge in [-0.3, -0.25) is 9.48 Å². The summed E-state index contributed by atoms with van der Waals surface area (Å²) in [5.74, 6) is 0.946. The molecule has 0 fully saturated rings. The summed E-state index contributed by atoms with van der Waals surface area (Å²) in [6, 6.07) is 7.70. The largest absolute Gasteiger partial charge is 0.487 e. The van der Waals surface area contributed by atoms with E-state index in [4.69, 9.17) is 4.74 Å². The van der Waals surface area contributed by atoms with Crippen molar-refractivity contribution in [2.45, 2.75) is 51.8 Å². The molecule has 0 aliphatic carbocycles. The number of hydrogen-bond acceptors (Lipinski definition) is 3. The van der Waals surface area contributed by atoms with E-state index in [0.717, 1.165) is 17.7 Å². The molecule has 122 valence electrons. The number of benzene rings is 1. The van der Waals surface area contributed by atoms with Crippen molar-refractivity contribution in [2.24, 2.45) is 0 Å². The van der Waals surface area contributed by atoms with Gasteiger partial charge in [0.1, 0.15) is 17.4 Å². The molecule has 5 heteroatoms. The molecule has 1 amide bonds. The van der Waals surface area contributed by atoms with Crippen molar-refractivity contribution >= 4 is 5.91 Å². The lowest BCUT2D eigenvalue weighted by Crippen LogP contribution is -2.32. The van der Waals surface area contributed by atoms with E-state index in [2.05, 4.69) is 30.3 Å². The van der Waals surface area contributed by atoms with E-state index in [1.807, 2.05) is 31.3 Å². The summed E-state index contributed by atoms with van der Waals surface area (Å²) in [6.45, 7) is 6.68. The van der Waals surface area contributed by atoms with Crippen LogP contribution in [0, 0.1) is 0 Å². The number of rotatable bonds is 5. The highest BCUT2D eigenvalue weighted by Crippen LogP contribution is 2.35. The zero-order valence-corrected chi connectivity index (χ0v) is 13.9. The van der Waals surface area contributed by atoms with E-state index >= 15 is 0 Å². The summed E-state index contributed by atoms with van der Waals surface area (Å²) >= 11 is 0. The number of nitrogens with zero attached hydrogens (tertiary/aromatic N) is 2. The maximum atomic E-state index is 12.4. The Balaban J connectivity index is 1.64. The number of hydrogen-bond donors (Lipinski definition) is 1. The van der Waals surface area contributed by atoms with E-state index in [9.17, 15) is 4.79 Å². The van der Waals surface area contributed by atoms with Crippen LogP contribution in [0.25, 0.3) is 0 Å². The predicted molar refractivity (Wildman–Crippen MR) is 88.3 cm³/mol. The fourth-order valence-corrected chi connectivity index (χ4v) is 3.04. The van der Waals surface area contributed by atoms with Gasteiger partial charge < -0.3 is 10.1 Å². The van der Waals surface area contributed by atoms with Gasteiger partial charge >= 0.3 is 0 Å². The lowest BCUT2D eigenvalue weighted by Gasteiger charge is -2.16. The second-order valence-corrected chi connectivity index (χ2v) is 6.61. The molecular formula is C18H23N3O2. The summed E-state index contributed by atoms with van der Waals surface area (Å²) < 4.78 is 7.58. The molecule has 3 rings (SSSR count). The standard InChI is InChI=1S/C18H23N3O2/c1-4-15(21-9-5-8-20-21)17(22)19-12-13-6-7-16-14(10-13)11-18(2,3)23-16/h5-10,15H,4,11-12H2,1-3H3,(H,19,22)/t15-/m0/s1. The Morgan fingerprint density at radius 3 is 3.00 bits per heavy atom. The fourth-order valence-electron chi connectivity index (χ4n) is 3.04. The second-order valence-electron chi connectivity index (χ2n) is 6.61. The third kappa shape index (κ3) is 3.38. The first-order chi connectivity index (χ1) is 11.0. The van der Waals surface area contributed by atoms with Gasteiger partial charge in [0.25, 0.3) is 0 Å². The Labute approximate surface area is 136 Å². The smallest absolute Gasteiger partial charge is 0.245 e. The number of carbonyl (C=O) groups excluding carboxylic acids is 1. The quantitative estimate of drug-likeness (QED) is 0.923. The van der Waals surface area contributed by atoms with E-state index < -0.39 is 0 Å². The minimum Gasteiger partial charge on any atom is -0.487 e. The molecule has 23 heavy (non-hydrogen) atoms. The molecule has 0 bridgehead atoms. The van der Waals surface area contributed by atoms with Crippen molar-refractivity contribution in [1.29, 1.82) is 0 Å². The normalized spacial score (nSPS) is 16.5. The van der Waals surface area contributed by atoms with Gasteiger partial charge in [0.2, 0.25) is 5.91 Å². The van der Waals surface area contributed by atoms with Crippen LogP contribution in [-0.4, -0.2) is 21.3 Å². The van der Waals surface area contributed by atoms with Crippen LogP contribution in [-0.2, 0) is 17.8 Å². The minimum absolute atomic E-state index is 0.00622. The van der Waals surface area contributed by atoms with Crippen molar-refractivity contribution in [3.8, 4) is 5.75 Å². The summed E-state index contributed by atoms with van der Waals surface area (Å²) in [4.78, 5) is 12.4. The van der Waals surface area contributed by atoms with Crippen molar-refractivity contribution in [3.63, 3.8) is 0 Å². The number of amides is 1. The molecule has 2 heterocycles. The van der Waals surface area contributed by atoms with Crippen LogP contribution < -0.4 is 10.1 Å². The molecule has 0 unspecified atom stereocenters. The molecule has 2 aromatic rings. The van der Waals surface area contributed by atoms with Gasteiger partial charge in [-0.05, 0) is 43.5 Å². The SMILES string of the molecule is CC[C@@H](C(=O)NCc1ccc2c(c1)CC(C)(C)O2)n1cccn1. The van der Waals surface area contributed by atoms with Crippen LogP contribution in [0.4, 0.5) is 0 Å².